The molecule has 4 aromatic carbocycles. The molecule has 0 heterocycles. The molecule has 4 aromatic rings. The maximum absolute atomic E-state index is 5.30. The molecule has 0 bridgehead atoms. The summed E-state index contributed by atoms with van der Waals surface area (Å²) in [6.07, 6.45) is 0. The molecule has 0 aliphatic rings. The van der Waals surface area contributed by atoms with Crippen molar-refractivity contribution in [2.24, 2.45) is 4.99 Å². The van der Waals surface area contributed by atoms with Gasteiger partial charge in [-0.1, -0.05) is 119 Å². The zero-order valence-electron chi connectivity index (χ0n) is 16.9. The van der Waals surface area contributed by atoms with Crippen LogP contribution in [0.25, 0.3) is 0 Å². The van der Waals surface area contributed by atoms with E-state index in [0.29, 0.717) is 0 Å². The minimum Gasteiger partial charge on any atom is -0.280 e. The third-order valence-electron chi connectivity index (χ3n) is 5.28. The van der Waals surface area contributed by atoms with E-state index in [1.165, 1.54) is 11.1 Å². The first-order valence-electron chi connectivity index (χ1n) is 10.2. The topological polar surface area (TPSA) is 12.4 Å². The van der Waals surface area contributed by atoms with Gasteiger partial charge in [0, 0.05) is 21.5 Å². The summed E-state index contributed by atoms with van der Waals surface area (Å²) in [6, 6.07) is 40.2. The Morgan fingerprint density at radius 1 is 0.633 bits per heavy atom. The molecule has 0 aliphatic heterocycles. The van der Waals surface area contributed by atoms with Crippen LogP contribution in [-0.2, 0) is 0 Å². The van der Waals surface area contributed by atoms with Gasteiger partial charge in [0.2, 0.25) is 0 Å². The van der Waals surface area contributed by atoms with E-state index in [-0.39, 0.29) is 12.0 Å². The van der Waals surface area contributed by atoms with Gasteiger partial charge in [-0.3, -0.25) is 4.99 Å². The molecular formula is C28H24BrN. The van der Waals surface area contributed by atoms with Crippen molar-refractivity contribution in [2.75, 3.05) is 0 Å². The summed E-state index contributed by atoms with van der Waals surface area (Å²) in [5.74, 6) is 0.158. The Morgan fingerprint density at radius 3 is 1.67 bits per heavy atom. The average Bonchev–Trinajstić information content (AvgIpc) is 2.80. The summed E-state index contributed by atoms with van der Waals surface area (Å²) in [7, 11) is 0. The fourth-order valence-electron chi connectivity index (χ4n) is 3.90. The van der Waals surface area contributed by atoms with Crippen LogP contribution < -0.4 is 0 Å². The van der Waals surface area contributed by atoms with Crippen molar-refractivity contribution >= 4 is 21.6 Å². The molecule has 0 aromatic heterocycles. The number of halogens is 1. The highest BCUT2D eigenvalue weighted by Gasteiger charge is 2.22. The molecule has 148 valence electrons. The van der Waals surface area contributed by atoms with E-state index in [0.717, 1.165) is 21.3 Å². The highest BCUT2D eigenvalue weighted by molar-refractivity contribution is 9.10. The molecule has 30 heavy (non-hydrogen) atoms. The van der Waals surface area contributed by atoms with Crippen LogP contribution in [-0.4, -0.2) is 11.8 Å². The summed E-state index contributed by atoms with van der Waals surface area (Å²) < 4.78 is 1.09. The molecule has 0 aliphatic carbocycles. The minimum atomic E-state index is 0.0529. The summed E-state index contributed by atoms with van der Waals surface area (Å²) in [6.45, 7) is 2.21. The van der Waals surface area contributed by atoms with Crippen LogP contribution in [0, 0.1) is 0 Å². The monoisotopic (exact) mass is 453 g/mol. The van der Waals surface area contributed by atoms with Crippen molar-refractivity contribution in [3.63, 3.8) is 0 Å². The van der Waals surface area contributed by atoms with Gasteiger partial charge in [-0.05, 0) is 30.2 Å². The highest BCUT2D eigenvalue weighted by Crippen LogP contribution is 2.32. The van der Waals surface area contributed by atoms with Crippen LogP contribution in [0.4, 0.5) is 0 Å². The van der Waals surface area contributed by atoms with Gasteiger partial charge in [0.05, 0.1) is 11.8 Å². The SMILES string of the molecule is CC(N=C(c1ccccc1)c1ccccc1)C(c1ccccc1)c1cccc(Br)c1. The Morgan fingerprint density at radius 2 is 1.13 bits per heavy atom. The van der Waals surface area contributed by atoms with Crippen LogP contribution in [0.5, 0.6) is 0 Å². The predicted octanol–water partition coefficient (Wildman–Crippen LogP) is 7.51. The molecule has 0 saturated heterocycles. The van der Waals surface area contributed by atoms with Crippen molar-refractivity contribution in [3.05, 3.63) is 142 Å². The van der Waals surface area contributed by atoms with Crippen LogP contribution >= 0.6 is 15.9 Å². The Bertz CT molecular complexity index is 1060. The van der Waals surface area contributed by atoms with E-state index in [9.17, 15) is 0 Å². The number of nitrogens with zero attached hydrogens (tertiary/aromatic N) is 1. The smallest absolute Gasteiger partial charge is 0.0722 e. The average molecular weight is 454 g/mol. The molecule has 1 nitrogen and oxygen atoms in total. The molecule has 0 saturated carbocycles. The van der Waals surface area contributed by atoms with Gasteiger partial charge in [-0.2, -0.15) is 0 Å². The van der Waals surface area contributed by atoms with E-state index in [4.69, 9.17) is 4.99 Å². The van der Waals surface area contributed by atoms with Crippen LogP contribution in [0.3, 0.4) is 0 Å². The summed E-state index contributed by atoms with van der Waals surface area (Å²) in [4.78, 5) is 5.30. The molecule has 0 radical (unpaired) electrons. The largest absolute Gasteiger partial charge is 0.280 e. The van der Waals surface area contributed by atoms with Gasteiger partial charge >= 0.3 is 0 Å². The number of hydrogen-bond donors (Lipinski definition) is 0. The van der Waals surface area contributed by atoms with E-state index >= 15 is 0 Å². The van der Waals surface area contributed by atoms with Gasteiger partial charge in [0.15, 0.2) is 0 Å². The maximum Gasteiger partial charge on any atom is 0.0722 e. The Labute approximate surface area is 187 Å². The van der Waals surface area contributed by atoms with E-state index < -0.39 is 0 Å². The second-order valence-corrected chi connectivity index (χ2v) is 8.31. The second-order valence-electron chi connectivity index (χ2n) is 7.39. The second kappa shape index (κ2) is 9.69. The third-order valence-corrected chi connectivity index (χ3v) is 5.77. The molecule has 0 N–H and O–H groups in total. The number of benzene rings is 4. The molecule has 2 unspecified atom stereocenters. The third kappa shape index (κ3) is 4.77. The van der Waals surface area contributed by atoms with Crippen molar-refractivity contribution in [1.82, 2.24) is 0 Å². The zero-order chi connectivity index (χ0) is 20.8. The molecule has 0 fully saturated rings. The first-order chi connectivity index (χ1) is 14.7. The van der Waals surface area contributed by atoms with Crippen LogP contribution in [0.2, 0.25) is 0 Å². The quantitative estimate of drug-likeness (QED) is 0.268. The highest BCUT2D eigenvalue weighted by atomic mass is 79.9. The summed E-state index contributed by atoms with van der Waals surface area (Å²) in [5, 5.41) is 0. The molecule has 2 heteroatoms. The first-order valence-corrected chi connectivity index (χ1v) is 11.0. The standard InChI is InChI=1S/C28H24BrN/c1-21(27(22-12-5-2-6-13-22)25-18-11-19-26(29)20-25)30-28(23-14-7-3-8-15-23)24-16-9-4-10-17-24/h2-21,27H,1H3. The molecule has 2 atom stereocenters. The number of hydrogen-bond acceptors (Lipinski definition) is 1. The first kappa shape index (κ1) is 20.3. The number of rotatable bonds is 6. The molecular weight excluding hydrogens is 430 g/mol. The van der Waals surface area contributed by atoms with E-state index in [1.54, 1.807) is 0 Å². The van der Waals surface area contributed by atoms with Crippen LogP contribution in [0.1, 0.15) is 35.1 Å². The van der Waals surface area contributed by atoms with Gasteiger partial charge in [0.1, 0.15) is 0 Å². The molecule has 0 spiro atoms. The lowest BCUT2D eigenvalue weighted by Gasteiger charge is -2.24. The van der Waals surface area contributed by atoms with E-state index in [1.807, 2.05) is 12.1 Å². The summed E-state index contributed by atoms with van der Waals surface area (Å²) >= 11 is 3.64. The summed E-state index contributed by atoms with van der Waals surface area (Å²) in [5.41, 5.74) is 5.83. The van der Waals surface area contributed by atoms with E-state index in [2.05, 4.69) is 126 Å². The zero-order valence-corrected chi connectivity index (χ0v) is 18.5. The lowest BCUT2D eigenvalue weighted by molar-refractivity contribution is 0.647. The van der Waals surface area contributed by atoms with Crippen molar-refractivity contribution in [1.29, 1.82) is 0 Å². The minimum absolute atomic E-state index is 0.0529. The normalized spacial score (nSPS) is 12.7. The van der Waals surface area contributed by atoms with Gasteiger partial charge < -0.3 is 0 Å². The molecule has 0 amide bonds. The molecule has 4 rings (SSSR count). The number of aliphatic imine (C=N–C) groups is 1. The lowest BCUT2D eigenvalue weighted by atomic mass is 9.85. The van der Waals surface area contributed by atoms with Gasteiger partial charge in [0.25, 0.3) is 0 Å². The van der Waals surface area contributed by atoms with Gasteiger partial charge in [-0.25, -0.2) is 0 Å². The van der Waals surface area contributed by atoms with Crippen LogP contribution in [0.15, 0.2) is 125 Å². The predicted molar refractivity (Wildman–Crippen MR) is 130 cm³/mol. The fraction of sp³-hybridized carbons (Fsp3) is 0.107. The Hall–Kier alpha value is -2.97. The van der Waals surface area contributed by atoms with Gasteiger partial charge in [-0.15, -0.1) is 0 Å². The van der Waals surface area contributed by atoms with Crippen molar-refractivity contribution < 1.29 is 0 Å². The van der Waals surface area contributed by atoms with Crippen molar-refractivity contribution in [3.8, 4) is 0 Å². The van der Waals surface area contributed by atoms with Crippen molar-refractivity contribution in [2.45, 2.75) is 18.9 Å². The lowest BCUT2D eigenvalue weighted by Crippen LogP contribution is -2.18. The fourth-order valence-corrected chi connectivity index (χ4v) is 4.31. The Balaban J connectivity index is 1.83. The Kier molecular flexibility index (Phi) is 6.56. The maximum atomic E-state index is 5.30.